The number of phenols is 1. The van der Waals surface area contributed by atoms with Crippen LogP contribution in [0.5, 0.6) is 11.5 Å². The fourth-order valence-electron chi connectivity index (χ4n) is 2.44. The molecule has 1 atom stereocenters. The fraction of sp³-hybridized carbons (Fsp3) is 0.188. The molecule has 0 fully saturated rings. The standard InChI is InChI=1S/C16H12ClNO2/c17-14-8-12(19)4-5-13(14)15-6-3-11-2-1-10(9-18)7-16(11)20-15/h1-2,4-5,7-8,15,19H,3,6H2. The van der Waals surface area contributed by atoms with E-state index in [0.717, 1.165) is 29.7 Å². The molecule has 4 heteroatoms. The average Bonchev–Trinajstić information content (AvgIpc) is 2.46. The SMILES string of the molecule is N#Cc1ccc2c(c1)OC(c1ccc(O)cc1Cl)CC2. The normalized spacial score (nSPS) is 16.9. The first-order chi connectivity index (χ1) is 9.67. The molecule has 100 valence electrons. The van der Waals surface area contributed by atoms with Crippen LogP contribution in [0.25, 0.3) is 0 Å². The van der Waals surface area contributed by atoms with Gasteiger partial charge in [0.15, 0.2) is 0 Å². The van der Waals surface area contributed by atoms with Crippen molar-refractivity contribution in [3.8, 4) is 17.6 Å². The molecule has 1 aliphatic rings. The number of halogens is 1. The van der Waals surface area contributed by atoms with E-state index in [2.05, 4.69) is 6.07 Å². The monoisotopic (exact) mass is 285 g/mol. The third-order valence-electron chi connectivity index (χ3n) is 3.47. The van der Waals surface area contributed by atoms with Crippen molar-refractivity contribution in [2.24, 2.45) is 0 Å². The van der Waals surface area contributed by atoms with Crippen LogP contribution in [0.4, 0.5) is 0 Å². The number of hydrogen-bond donors (Lipinski definition) is 1. The topological polar surface area (TPSA) is 53.2 Å². The van der Waals surface area contributed by atoms with Gasteiger partial charge in [-0.2, -0.15) is 5.26 Å². The van der Waals surface area contributed by atoms with Gasteiger partial charge in [0.2, 0.25) is 0 Å². The van der Waals surface area contributed by atoms with E-state index in [9.17, 15) is 5.11 Å². The number of nitrogens with zero attached hydrogens (tertiary/aromatic N) is 1. The lowest BCUT2D eigenvalue weighted by molar-refractivity contribution is 0.176. The Hall–Kier alpha value is -2.18. The predicted octanol–water partition coefficient (Wildman–Crippen LogP) is 3.98. The molecule has 2 aromatic carbocycles. The first-order valence-electron chi connectivity index (χ1n) is 6.35. The molecule has 1 unspecified atom stereocenters. The predicted molar refractivity (Wildman–Crippen MR) is 76.0 cm³/mol. The van der Waals surface area contributed by atoms with E-state index in [1.54, 1.807) is 24.3 Å². The fourth-order valence-corrected chi connectivity index (χ4v) is 2.73. The minimum atomic E-state index is -0.149. The van der Waals surface area contributed by atoms with E-state index >= 15 is 0 Å². The Kier molecular flexibility index (Phi) is 3.25. The molecule has 3 rings (SSSR count). The number of ether oxygens (including phenoxy) is 1. The van der Waals surface area contributed by atoms with Gasteiger partial charge in [-0.3, -0.25) is 0 Å². The van der Waals surface area contributed by atoms with Crippen molar-refractivity contribution < 1.29 is 9.84 Å². The van der Waals surface area contributed by atoms with E-state index < -0.39 is 0 Å². The molecule has 1 heterocycles. The minimum absolute atomic E-state index is 0.140. The van der Waals surface area contributed by atoms with Crippen LogP contribution >= 0.6 is 11.6 Å². The van der Waals surface area contributed by atoms with Gasteiger partial charge in [-0.15, -0.1) is 0 Å². The maximum Gasteiger partial charge on any atom is 0.125 e. The zero-order valence-corrected chi connectivity index (χ0v) is 11.4. The second-order valence-electron chi connectivity index (χ2n) is 4.79. The summed E-state index contributed by atoms with van der Waals surface area (Å²) >= 11 is 6.16. The second-order valence-corrected chi connectivity index (χ2v) is 5.19. The Bertz CT molecular complexity index is 706. The number of benzene rings is 2. The van der Waals surface area contributed by atoms with Crippen molar-refractivity contribution >= 4 is 11.6 Å². The van der Waals surface area contributed by atoms with E-state index in [1.807, 2.05) is 6.07 Å². The molecular weight excluding hydrogens is 274 g/mol. The van der Waals surface area contributed by atoms with Crippen LogP contribution in [0.15, 0.2) is 36.4 Å². The van der Waals surface area contributed by atoms with E-state index in [0.29, 0.717) is 10.6 Å². The third kappa shape index (κ3) is 2.31. The van der Waals surface area contributed by atoms with E-state index in [4.69, 9.17) is 21.6 Å². The molecule has 1 aliphatic heterocycles. The lowest BCUT2D eigenvalue weighted by Crippen LogP contribution is -2.15. The molecule has 0 saturated carbocycles. The summed E-state index contributed by atoms with van der Waals surface area (Å²) in [6.07, 6.45) is 1.55. The molecule has 0 saturated heterocycles. The highest BCUT2D eigenvalue weighted by molar-refractivity contribution is 6.31. The summed E-state index contributed by atoms with van der Waals surface area (Å²) in [4.78, 5) is 0. The molecule has 0 amide bonds. The van der Waals surface area contributed by atoms with Crippen molar-refractivity contribution in [3.05, 3.63) is 58.1 Å². The van der Waals surface area contributed by atoms with Gasteiger partial charge in [-0.25, -0.2) is 0 Å². The van der Waals surface area contributed by atoms with Gasteiger partial charge in [0, 0.05) is 5.56 Å². The van der Waals surface area contributed by atoms with Crippen LogP contribution in [0.1, 0.15) is 29.2 Å². The molecule has 0 spiro atoms. The summed E-state index contributed by atoms with van der Waals surface area (Å²) in [6.45, 7) is 0. The Morgan fingerprint density at radius 3 is 2.85 bits per heavy atom. The molecule has 0 radical (unpaired) electrons. The first-order valence-corrected chi connectivity index (χ1v) is 6.73. The smallest absolute Gasteiger partial charge is 0.125 e. The van der Waals surface area contributed by atoms with Gasteiger partial charge in [-0.1, -0.05) is 23.7 Å². The Morgan fingerprint density at radius 2 is 2.10 bits per heavy atom. The van der Waals surface area contributed by atoms with Crippen LogP contribution in [0.2, 0.25) is 5.02 Å². The Labute approximate surface area is 122 Å². The number of nitriles is 1. The molecule has 3 nitrogen and oxygen atoms in total. The summed E-state index contributed by atoms with van der Waals surface area (Å²) < 4.78 is 5.96. The maximum atomic E-state index is 9.40. The first kappa shape index (κ1) is 12.8. The number of fused-ring (bicyclic) bond motifs is 1. The van der Waals surface area contributed by atoms with Gasteiger partial charge >= 0.3 is 0 Å². The summed E-state index contributed by atoms with van der Waals surface area (Å²) in [5.41, 5.74) is 2.55. The number of hydrogen-bond acceptors (Lipinski definition) is 3. The van der Waals surface area contributed by atoms with Gasteiger partial charge in [0.25, 0.3) is 0 Å². The number of aryl methyl sites for hydroxylation is 1. The zero-order chi connectivity index (χ0) is 14.1. The number of aromatic hydroxyl groups is 1. The zero-order valence-electron chi connectivity index (χ0n) is 10.6. The van der Waals surface area contributed by atoms with Crippen molar-refractivity contribution in [2.75, 3.05) is 0 Å². The maximum absolute atomic E-state index is 9.40. The summed E-state index contributed by atoms with van der Waals surface area (Å²) in [5.74, 6) is 0.881. The van der Waals surface area contributed by atoms with Gasteiger partial charge in [0.1, 0.15) is 17.6 Å². The van der Waals surface area contributed by atoms with Crippen LogP contribution in [-0.4, -0.2) is 5.11 Å². The van der Waals surface area contributed by atoms with Crippen LogP contribution in [0, 0.1) is 11.3 Å². The van der Waals surface area contributed by atoms with E-state index in [-0.39, 0.29) is 11.9 Å². The molecule has 0 aliphatic carbocycles. The number of phenolic OH excluding ortho intramolecular Hbond substituents is 1. The molecule has 0 aromatic heterocycles. The highest BCUT2D eigenvalue weighted by Gasteiger charge is 2.23. The summed E-state index contributed by atoms with van der Waals surface area (Å²) in [6, 6.07) is 12.5. The molecular formula is C16H12ClNO2. The largest absolute Gasteiger partial charge is 0.508 e. The van der Waals surface area contributed by atoms with Crippen LogP contribution in [0.3, 0.4) is 0 Å². The highest BCUT2D eigenvalue weighted by Crippen LogP contribution is 2.38. The van der Waals surface area contributed by atoms with Crippen LogP contribution < -0.4 is 4.74 Å². The summed E-state index contributed by atoms with van der Waals surface area (Å²) in [7, 11) is 0. The van der Waals surface area contributed by atoms with Gasteiger partial charge in [-0.05, 0) is 42.7 Å². The lowest BCUT2D eigenvalue weighted by atomic mass is 9.96. The molecule has 20 heavy (non-hydrogen) atoms. The summed E-state index contributed by atoms with van der Waals surface area (Å²) in [5, 5.41) is 18.8. The second kappa shape index (κ2) is 5.07. The van der Waals surface area contributed by atoms with Crippen molar-refractivity contribution in [3.63, 3.8) is 0 Å². The van der Waals surface area contributed by atoms with Gasteiger partial charge in [0.05, 0.1) is 16.7 Å². The van der Waals surface area contributed by atoms with Crippen LogP contribution in [-0.2, 0) is 6.42 Å². The molecule has 1 N–H and O–H groups in total. The average molecular weight is 286 g/mol. The van der Waals surface area contributed by atoms with Gasteiger partial charge < -0.3 is 9.84 Å². The molecule has 2 aromatic rings. The van der Waals surface area contributed by atoms with E-state index in [1.165, 1.54) is 6.07 Å². The minimum Gasteiger partial charge on any atom is -0.508 e. The molecule has 0 bridgehead atoms. The number of rotatable bonds is 1. The lowest BCUT2D eigenvalue weighted by Gasteiger charge is -2.27. The van der Waals surface area contributed by atoms with Crippen molar-refractivity contribution in [1.82, 2.24) is 0 Å². The Morgan fingerprint density at radius 1 is 1.25 bits per heavy atom. The van der Waals surface area contributed by atoms with Crippen molar-refractivity contribution in [2.45, 2.75) is 18.9 Å². The Balaban J connectivity index is 1.93. The quantitative estimate of drug-likeness (QED) is 0.862. The van der Waals surface area contributed by atoms with Crippen molar-refractivity contribution in [1.29, 1.82) is 5.26 Å². The third-order valence-corrected chi connectivity index (χ3v) is 3.80. The highest BCUT2D eigenvalue weighted by atomic mass is 35.5.